The molecule has 1 amide bonds. The Labute approximate surface area is 142 Å². The van der Waals surface area contributed by atoms with Crippen LogP contribution < -0.4 is 14.8 Å². The molecule has 1 heterocycles. The van der Waals surface area contributed by atoms with Gasteiger partial charge in [0.05, 0.1) is 14.2 Å². The Bertz CT molecular complexity index is 629. The van der Waals surface area contributed by atoms with Crippen LogP contribution in [0.4, 0.5) is 0 Å². The highest BCUT2D eigenvalue weighted by Crippen LogP contribution is 2.27. The molecule has 0 atom stereocenters. The van der Waals surface area contributed by atoms with Gasteiger partial charge in [0.25, 0.3) is 0 Å². The normalized spacial score (nSPS) is 10.4. The topological polar surface area (TPSA) is 78.3 Å². The maximum Gasteiger partial charge on any atom is 0.220 e. The summed E-state index contributed by atoms with van der Waals surface area (Å²) in [6.07, 6.45) is 6.15. The monoisotopic (exact) mass is 332 g/mol. The minimum Gasteiger partial charge on any atom is -0.493 e. The molecule has 0 aliphatic rings. The van der Waals surface area contributed by atoms with Crippen molar-refractivity contribution >= 4 is 5.91 Å². The van der Waals surface area contributed by atoms with Gasteiger partial charge in [-0.25, -0.2) is 4.98 Å². The Hall–Kier alpha value is -2.57. The number of carbonyl (C=O) groups is 1. The lowest BCUT2D eigenvalue weighted by Crippen LogP contribution is -2.24. The van der Waals surface area contributed by atoms with Crippen molar-refractivity contribution in [3.8, 4) is 11.5 Å². The van der Waals surface area contributed by atoms with E-state index in [1.54, 1.807) is 25.2 Å². The highest BCUT2D eigenvalue weighted by atomic mass is 16.5. The second-order valence-electron chi connectivity index (χ2n) is 5.40. The molecule has 0 fully saturated rings. The lowest BCUT2D eigenvalue weighted by Gasteiger charge is -2.10. The number of carbonyl (C=O) groups excluding carboxylic acids is 1. The van der Waals surface area contributed by atoms with Gasteiger partial charge in [-0.15, -0.1) is 0 Å². The number of hydrogen-bond donors (Lipinski definition) is 1. The van der Waals surface area contributed by atoms with Crippen LogP contribution in [0.2, 0.25) is 0 Å². The minimum absolute atomic E-state index is 0.0717. The van der Waals surface area contributed by atoms with E-state index < -0.39 is 0 Å². The van der Waals surface area contributed by atoms with E-state index in [1.165, 1.54) is 6.33 Å². The zero-order valence-corrected chi connectivity index (χ0v) is 14.2. The molecule has 1 aromatic carbocycles. The number of rotatable bonds is 10. The van der Waals surface area contributed by atoms with E-state index in [-0.39, 0.29) is 5.91 Å². The number of nitrogens with one attached hydrogen (secondary N) is 1. The van der Waals surface area contributed by atoms with Crippen molar-refractivity contribution in [1.82, 2.24) is 20.1 Å². The number of aromatic nitrogens is 3. The maximum absolute atomic E-state index is 11.8. The van der Waals surface area contributed by atoms with Crippen LogP contribution in [-0.4, -0.2) is 41.4 Å². The van der Waals surface area contributed by atoms with Crippen LogP contribution >= 0.6 is 0 Å². The minimum atomic E-state index is 0.0717. The third-order valence-corrected chi connectivity index (χ3v) is 3.67. The first-order chi connectivity index (χ1) is 11.7. The number of aryl methyl sites for hydroxylation is 2. The van der Waals surface area contributed by atoms with Gasteiger partial charge in [0.15, 0.2) is 11.5 Å². The van der Waals surface area contributed by atoms with Gasteiger partial charge < -0.3 is 14.8 Å². The maximum atomic E-state index is 11.8. The van der Waals surface area contributed by atoms with Crippen molar-refractivity contribution in [2.75, 3.05) is 20.8 Å². The lowest BCUT2D eigenvalue weighted by molar-refractivity contribution is -0.121. The summed E-state index contributed by atoms with van der Waals surface area (Å²) in [4.78, 5) is 15.6. The zero-order chi connectivity index (χ0) is 17.2. The lowest BCUT2D eigenvalue weighted by atomic mass is 10.1. The van der Waals surface area contributed by atoms with Gasteiger partial charge in [-0.05, 0) is 37.0 Å². The average Bonchev–Trinajstić information content (AvgIpc) is 3.12. The van der Waals surface area contributed by atoms with Crippen molar-refractivity contribution in [2.45, 2.75) is 32.2 Å². The molecule has 2 aromatic rings. The fourth-order valence-corrected chi connectivity index (χ4v) is 2.39. The molecule has 1 N–H and O–H groups in total. The molecular formula is C17H24N4O3. The molecule has 1 aromatic heterocycles. The predicted octanol–water partition coefficient (Wildman–Crippen LogP) is 1.82. The van der Waals surface area contributed by atoms with Crippen LogP contribution in [0.15, 0.2) is 30.9 Å². The van der Waals surface area contributed by atoms with Gasteiger partial charge in [0.1, 0.15) is 12.7 Å². The van der Waals surface area contributed by atoms with E-state index in [9.17, 15) is 4.79 Å². The van der Waals surface area contributed by atoms with Crippen LogP contribution in [-0.2, 0) is 17.8 Å². The van der Waals surface area contributed by atoms with Gasteiger partial charge in [0, 0.05) is 19.5 Å². The summed E-state index contributed by atoms with van der Waals surface area (Å²) < 4.78 is 12.2. The Morgan fingerprint density at radius 2 is 2.04 bits per heavy atom. The number of amides is 1. The zero-order valence-electron chi connectivity index (χ0n) is 14.2. The summed E-state index contributed by atoms with van der Waals surface area (Å²) in [7, 11) is 3.25. The van der Waals surface area contributed by atoms with E-state index in [0.29, 0.717) is 19.5 Å². The van der Waals surface area contributed by atoms with Crippen molar-refractivity contribution in [3.63, 3.8) is 0 Å². The summed E-state index contributed by atoms with van der Waals surface area (Å²) in [5.74, 6) is 1.52. The number of methoxy groups -OCH3 is 2. The van der Waals surface area contributed by atoms with Crippen molar-refractivity contribution in [3.05, 3.63) is 36.4 Å². The standard InChI is InChI=1S/C17H24N4O3/c1-23-15-8-7-14(11-16(15)24-2)5-3-9-19-17(22)6-4-10-21-13-18-12-20-21/h7-8,11-13H,3-6,9-10H2,1-2H3,(H,19,22). The van der Waals surface area contributed by atoms with Gasteiger partial charge in [0.2, 0.25) is 5.91 Å². The Balaban J connectivity index is 1.62. The quantitative estimate of drug-likeness (QED) is 0.672. The third-order valence-electron chi connectivity index (χ3n) is 3.67. The fraction of sp³-hybridized carbons (Fsp3) is 0.471. The van der Waals surface area contributed by atoms with Gasteiger partial charge in [-0.2, -0.15) is 5.10 Å². The first kappa shape index (κ1) is 17.8. The van der Waals surface area contributed by atoms with Gasteiger partial charge >= 0.3 is 0 Å². The molecule has 0 aliphatic carbocycles. The molecule has 24 heavy (non-hydrogen) atoms. The fourth-order valence-electron chi connectivity index (χ4n) is 2.39. The predicted molar refractivity (Wildman–Crippen MR) is 90.1 cm³/mol. The number of ether oxygens (including phenoxy) is 2. The van der Waals surface area contributed by atoms with E-state index in [4.69, 9.17) is 9.47 Å². The highest BCUT2D eigenvalue weighted by molar-refractivity contribution is 5.75. The summed E-state index contributed by atoms with van der Waals surface area (Å²) in [6.45, 7) is 1.37. The van der Waals surface area contributed by atoms with Gasteiger partial charge in [-0.3, -0.25) is 9.48 Å². The first-order valence-electron chi connectivity index (χ1n) is 8.03. The largest absolute Gasteiger partial charge is 0.493 e. The summed E-state index contributed by atoms with van der Waals surface area (Å²) in [6, 6.07) is 5.89. The molecule has 0 radical (unpaired) electrons. The Kier molecular flexibility index (Phi) is 7.07. The molecule has 2 rings (SSSR count). The Morgan fingerprint density at radius 1 is 1.21 bits per heavy atom. The van der Waals surface area contributed by atoms with Crippen LogP contribution in [0.3, 0.4) is 0 Å². The second kappa shape index (κ2) is 9.54. The number of hydrogen-bond acceptors (Lipinski definition) is 5. The van der Waals surface area contributed by atoms with Crippen molar-refractivity contribution < 1.29 is 14.3 Å². The van der Waals surface area contributed by atoms with E-state index in [0.717, 1.165) is 36.3 Å². The highest BCUT2D eigenvalue weighted by Gasteiger charge is 2.05. The molecule has 7 nitrogen and oxygen atoms in total. The average molecular weight is 332 g/mol. The van der Waals surface area contributed by atoms with Crippen molar-refractivity contribution in [2.24, 2.45) is 0 Å². The van der Waals surface area contributed by atoms with Crippen molar-refractivity contribution in [1.29, 1.82) is 0 Å². The number of benzene rings is 1. The molecular weight excluding hydrogens is 308 g/mol. The molecule has 0 spiro atoms. The third kappa shape index (κ3) is 5.57. The van der Waals surface area contributed by atoms with Crippen LogP contribution in [0.1, 0.15) is 24.8 Å². The smallest absolute Gasteiger partial charge is 0.220 e. The Morgan fingerprint density at radius 3 is 2.75 bits per heavy atom. The van der Waals surface area contributed by atoms with E-state index in [1.807, 2.05) is 18.2 Å². The summed E-state index contributed by atoms with van der Waals surface area (Å²) >= 11 is 0. The number of nitrogens with zero attached hydrogens (tertiary/aromatic N) is 3. The summed E-state index contributed by atoms with van der Waals surface area (Å²) in [5.41, 5.74) is 1.16. The second-order valence-corrected chi connectivity index (χ2v) is 5.40. The van der Waals surface area contributed by atoms with Crippen LogP contribution in [0.25, 0.3) is 0 Å². The summed E-state index contributed by atoms with van der Waals surface area (Å²) in [5, 5.41) is 6.95. The van der Waals surface area contributed by atoms with Crippen LogP contribution in [0, 0.1) is 0 Å². The van der Waals surface area contributed by atoms with E-state index in [2.05, 4.69) is 15.4 Å². The molecule has 0 saturated heterocycles. The SMILES string of the molecule is COc1ccc(CCCNC(=O)CCCn2cncn2)cc1OC. The first-order valence-corrected chi connectivity index (χ1v) is 8.03. The van der Waals surface area contributed by atoms with Crippen LogP contribution in [0.5, 0.6) is 11.5 Å². The van der Waals surface area contributed by atoms with E-state index >= 15 is 0 Å². The molecule has 0 saturated carbocycles. The molecule has 0 unspecified atom stereocenters. The molecule has 0 bridgehead atoms. The molecule has 130 valence electrons. The van der Waals surface area contributed by atoms with Gasteiger partial charge in [-0.1, -0.05) is 6.07 Å². The molecule has 7 heteroatoms. The molecule has 0 aliphatic heterocycles.